The molecule has 0 saturated heterocycles. The van der Waals surface area contributed by atoms with Crippen LogP contribution in [0.3, 0.4) is 0 Å². The molecule has 1 heterocycles. The van der Waals surface area contributed by atoms with E-state index in [1.165, 1.54) is 0 Å². The number of carbonyl (C=O) groups is 3. The molecule has 158 valence electrons. The SMILES string of the molecule is CCOCCOCc1nc(C(F)(F)F)ccc1C(=O)C1C(=O)C2CCC(C2)C1=O. The summed E-state index contributed by atoms with van der Waals surface area (Å²) in [7, 11) is 0. The number of rotatable bonds is 8. The maximum Gasteiger partial charge on any atom is 0.433 e. The van der Waals surface area contributed by atoms with Gasteiger partial charge in [-0.3, -0.25) is 14.4 Å². The number of halogens is 3. The van der Waals surface area contributed by atoms with Crippen molar-refractivity contribution in [3.63, 3.8) is 0 Å². The lowest BCUT2D eigenvalue weighted by molar-refractivity contribution is -0.141. The average molecular weight is 413 g/mol. The highest BCUT2D eigenvalue weighted by atomic mass is 19.4. The fourth-order valence-corrected chi connectivity index (χ4v) is 3.95. The van der Waals surface area contributed by atoms with E-state index in [2.05, 4.69) is 4.98 Å². The average Bonchev–Trinajstić information content (AvgIpc) is 3.13. The Bertz CT molecular complexity index is 786. The summed E-state index contributed by atoms with van der Waals surface area (Å²) >= 11 is 0. The second kappa shape index (κ2) is 8.71. The van der Waals surface area contributed by atoms with E-state index in [1.807, 2.05) is 0 Å². The van der Waals surface area contributed by atoms with Gasteiger partial charge in [-0.15, -0.1) is 0 Å². The number of pyridine rings is 1. The van der Waals surface area contributed by atoms with Crippen molar-refractivity contribution in [2.75, 3.05) is 19.8 Å². The zero-order valence-corrected chi connectivity index (χ0v) is 16.0. The molecule has 6 nitrogen and oxygen atoms in total. The van der Waals surface area contributed by atoms with E-state index in [1.54, 1.807) is 6.92 Å². The predicted octanol–water partition coefficient (Wildman–Crippen LogP) is 3.02. The standard InChI is InChI=1S/C20H22F3NO5/c1-2-28-7-8-29-10-14-13(5-6-15(24-14)20(21,22)23)19(27)16-17(25)11-3-4-12(9-11)18(16)26/h5-6,11-12,16H,2-4,7-10H2,1H3. The number of hydrogen-bond acceptors (Lipinski definition) is 6. The number of fused-ring (bicyclic) bond motifs is 2. The second-order valence-corrected chi connectivity index (χ2v) is 7.25. The number of carbonyl (C=O) groups excluding carboxylic acids is 3. The topological polar surface area (TPSA) is 82.6 Å². The van der Waals surface area contributed by atoms with Crippen LogP contribution < -0.4 is 0 Å². The summed E-state index contributed by atoms with van der Waals surface area (Å²) in [4.78, 5) is 41.7. The second-order valence-electron chi connectivity index (χ2n) is 7.25. The van der Waals surface area contributed by atoms with Gasteiger partial charge in [-0.1, -0.05) is 0 Å². The number of ketones is 3. The van der Waals surface area contributed by atoms with Crippen LogP contribution in [0.2, 0.25) is 0 Å². The van der Waals surface area contributed by atoms with Crippen LogP contribution in [0, 0.1) is 17.8 Å². The summed E-state index contributed by atoms with van der Waals surface area (Å²) < 4.78 is 49.6. The van der Waals surface area contributed by atoms with E-state index >= 15 is 0 Å². The Balaban J connectivity index is 1.87. The Morgan fingerprint density at radius 3 is 2.31 bits per heavy atom. The summed E-state index contributed by atoms with van der Waals surface area (Å²) in [6, 6.07) is 1.67. The molecule has 2 bridgehead atoms. The molecule has 2 aliphatic carbocycles. The van der Waals surface area contributed by atoms with Crippen LogP contribution in [0.4, 0.5) is 13.2 Å². The lowest BCUT2D eigenvalue weighted by atomic mass is 9.75. The molecule has 29 heavy (non-hydrogen) atoms. The Morgan fingerprint density at radius 2 is 1.72 bits per heavy atom. The molecular formula is C20H22F3NO5. The van der Waals surface area contributed by atoms with Crippen molar-refractivity contribution in [2.24, 2.45) is 17.8 Å². The maximum absolute atomic E-state index is 13.1. The first kappa shape index (κ1) is 21.6. The largest absolute Gasteiger partial charge is 0.433 e. The zero-order chi connectivity index (χ0) is 21.2. The van der Waals surface area contributed by atoms with E-state index < -0.39 is 35.1 Å². The molecule has 2 saturated carbocycles. The Labute approximate surface area is 165 Å². The minimum atomic E-state index is -4.70. The van der Waals surface area contributed by atoms with Crippen LogP contribution in [0.25, 0.3) is 0 Å². The minimum Gasteiger partial charge on any atom is -0.379 e. The van der Waals surface area contributed by atoms with Crippen molar-refractivity contribution in [2.45, 2.75) is 39.0 Å². The van der Waals surface area contributed by atoms with Crippen molar-refractivity contribution < 1.29 is 37.0 Å². The molecule has 0 N–H and O–H groups in total. The normalized spacial score (nSPS) is 24.2. The van der Waals surface area contributed by atoms with Crippen molar-refractivity contribution >= 4 is 17.3 Å². The monoisotopic (exact) mass is 413 g/mol. The summed E-state index contributed by atoms with van der Waals surface area (Å²) in [5, 5.41) is 0. The van der Waals surface area contributed by atoms with Gasteiger partial charge in [-0.05, 0) is 38.3 Å². The molecule has 2 aliphatic rings. The van der Waals surface area contributed by atoms with Gasteiger partial charge in [0.25, 0.3) is 0 Å². The van der Waals surface area contributed by atoms with Crippen molar-refractivity contribution in [1.29, 1.82) is 0 Å². The number of nitrogens with zero attached hydrogens (tertiary/aromatic N) is 1. The summed E-state index contributed by atoms with van der Waals surface area (Å²) in [5.74, 6) is -3.78. The van der Waals surface area contributed by atoms with Crippen molar-refractivity contribution in [3.8, 4) is 0 Å². The Hall–Kier alpha value is -2.13. The molecule has 0 radical (unpaired) electrons. The van der Waals surface area contributed by atoms with Crippen LogP contribution >= 0.6 is 0 Å². The molecule has 9 heteroatoms. The van der Waals surface area contributed by atoms with Gasteiger partial charge in [0.15, 0.2) is 17.3 Å². The van der Waals surface area contributed by atoms with E-state index in [-0.39, 0.29) is 42.9 Å². The highest BCUT2D eigenvalue weighted by molar-refractivity contribution is 6.26. The van der Waals surface area contributed by atoms with Crippen LogP contribution in [0.1, 0.15) is 47.9 Å². The third-order valence-corrected chi connectivity index (χ3v) is 5.41. The first-order valence-corrected chi connectivity index (χ1v) is 9.58. The molecule has 0 amide bonds. The number of ether oxygens (including phenoxy) is 2. The number of aromatic nitrogens is 1. The van der Waals surface area contributed by atoms with E-state index in [0.29, 0.717) is 31.9 Å². The summed E-state index contributed by atoms with van der Waals surface area (Å²) in [5.41, 5.74) is -1.58. The highest BCUT2D eigenvalue weighted by Crippen LogP contribution is 2.41. The highest BCUT2D eigenvalue weighted by Gasteiger charge is 2.50. The quantitative estimate of drug-likeness (QED) is 0.370. The van der Waals surface area contributed by atoms with E-state index in [0.717, 1.165) is 6.07 Å². The van der Waals surface area contributed by atoms with Crippen molar-refractivity contribution in [1.82, 2.24) is 4.98 Å². The van der Waals surface area contributed by atoms with Crippen LogP contribution in [0.15, 0.2) is 12.1 Å². The number of hydrogen-bond donors (Lipinski definition) is 0. The first-order chi connectivity index (χ1) is 13.7. The van der Waals surface area contributed by atoms with Gasteiger partial charge in [0.2, 0.25) is 0 Å². The Kier molecular flexibility index (Phi) is 6.48. The molecule has 2 unspecified atom stereocenters. The van der Waals surface area contributed by atoms with Crippen molar-refractivity contribution in [3.05, 3.63) is 29.1 Å². The van der Waals surface area contributed by atoms with Gasteiger partial charge in [0.1, 0.15) is 11.6 Å². The van der Waals surface area contributed by atoms with Gasteiger partial charge < -0.3 is 9.47 Å². The fraction of sp³-hybridized carbons (Fsp3) is 0.600. The molecule has 2 atom stereocenters. The van der Waals surface area contributed by atoms with Gasteiger partial charge >= 0.3 is 6.18 Å². The fourth-order valence-electron chi connectivity index (χ4n) is 3.95. The van der Waals surface area contributed by atoms with E-state index in [4.69, 9.17) is 9.47 Å². The molecule has 2 fully saturated rings. The Morgan fingerprint density at radius 1 is 1.10 bits per heavy atom. The third kappa shape index (κ3) is 4.56. The third-order valence-electron chi connectivity index (χ3n) is 5.41. The lowest BCUT2D eigenvalue weighted by Crippen LogP contribution is -2.42. The molecule has 1 aromatic heterocycles. The number of alkyl halides is 3. The zero-order valence-electron chi connectivity index (χ0n) is 16.0. The molecule has 0 spiro atoms. The van der Waals surface area contributed by atoms with Gasteiger partial charge in [-0.25, -0.2) is 4.98 Å². The number of Topliss-reactive ketones (excluding diaryl/α,β-unsaturated/α-hetero) is 3. The van der Waals surface area contributed by atoms with Gasteiger partial charge in [0.05, 0.1) is 25.5 Å². The summed E-state index contributed by atoms with van der Waals surface area (Å²) in [6.45, 7) is 2.23. The van der Waals surface area contributed by atoms with Gasteiger partial charge in [0, 0.05) is 24.0 Å². The molecule has 1 aromatic rings. The molecule has 3 rings (SSSR count). The maximum atomic E-state index is 13.1. The van der Waals surface area contributed by atoms with E-state index in [9.17, 15) is 27.6 Å². The smallest absolute Gasteiger partial charge is 0.379 e. The first-order valence-electron chi connectivity index (χ1n) is 9.58. The van der Waals surface area contributed by atoms with Crippen LogP contribution in [-0.2, 0) is 31.8 Å². The lowest BCUT2D eigenvalue weighted by Gasteiger charge is -2.25. The predicted molar refractivity (Wildman–Crippen MR) is 94.1 cm³/mol. The molecule has 0 aliphatic heterocycles. The molecular weight excluding hydrogens is 391 g/mol. The van der Waals surface area contributed by atoms with Crippen LogP contribution in [0.5, 0.6) is 0 Å². The summed E-state index contributed by atoms with van der Waals surface area (Å²) in [6.07, 6.45) is -3.10. The minimum absolute atomic E-state index is 0.102. The molecule has 0 aromatic carbocycles. The van der Waals surface area contributed by atoms with Gasteiger partial charge in [-0.2, -0.15) is 13.2 Å². The van der Waals surface area contributed by atoms with Crippen LogP contribution in [-0.4, -0.2) is 42.2 Å².